The molecular formula is C30H33N5O4. The highest BCUT2D eigenvalue weighted by molar-refractivity contribution is 6.16. The zero-order valence-electron chi connectivity index (χ0n) is 22.4. The van der Waals surface area contributed by atoms with Crippen LogP contribution in [0.3, 0.4) is 0 Å². The number of hydrogen-bond acceptors (Lipinski definition) is 5. The van der Waals surface area contributed by atoms with E-state index in [1.807, 2.05) is 45.0 Å². The Hall–Kier alpha value is -4.14. The van der Waals surface area contributed by atoms with Crippen molar-refractivity contribution >= 4 is 40.7 Å². The fourth-order valence-corrected chi connectivity index (χ4v) is 5.77. The van der Waals surface area contributed by atoms with Crippen LogP contribution in [0.2, 0.25) is 0 Å². The summed E-state index contributed by atoms with van der Waals surface area (Å²) in [7, 11) is 0. The third-order valence-electron chi connectivity index (χ3n) is 7.75. The average molecular weight is 528 g/mol. The highest BCUT2D eigenvalue weighted by atomic mass is 16.6. The van der Waals surface area contributed by atoms with E-state index in [-0.39, 0.29) is 35.7 Å². The highest BCUT2D eigenvalue weighted by Gasteiger charge is 2.44. The van der Waals surface area contributed by atoms with Crippen molar-refractivity contribution in [2.24, 2.45) is 11.0 Å². The topological polar surface area (TPSA) is 116 Å². The van der Waals surface area contributed by atoms with Crippen molar-refractivity contribution in [2.75, 3.05) is 18.4 Å². The Morgan fingerprint density at radius 1 is 1.10 bits per heavy atom. The Kier molecular flexibility index (Phi) is 6.16. The van der Waals surface area contributed by atoms with Gasteiger partial charge in [-0.2, -0.15) is 5.10 Å². The number of rotatable bonds is 4. The second kappa shape index (κ2) is 9.55. The minimum atomic E-state index is -0.533. The molecule has 1 saturated carbocycles. The number of hydrazone groups is 1. The van der Waals surface area contributed by atoms with Crippen molar-refractivity contribution in [2.45, 2.75) is 57.5 Å². The van der Waals surface area contributed by atoms with Crippen LogP contribution in [-0.4, -0.2) is 52.7 Å². The molecule has 2 atom stereocenters. The number of nitrogens with one attached hydrogen (secondary N) is 3. The molecule has 0 radical (unpaired) electrons. The van der Waals surface area contributed by atoms with E-state index in [9.17, 15) is 14.4 Å². The number of nitrogens with zero attached hydrogens (tertiary/aromatic N) is 2. The van der Waals surface area contributed by atoms with Gasteiger partial charge < -0.3 is 19.9 Å². The van der Waals surface area contributed by atoms with Gasteiger partial charge in [-0.1, -0.05) is 30.3 Å². The summed E-state index contributed by atoms with van der Waals surface area (Å²) in [5.74, 6) is -0.0466. The normalized spacial score (nSPS) is 20.9. The lowest BCUT2D eigenvalue weighted by atomic mass is 9.90. The number of carbonyl (C=O) groups excluding carboxylic acids is 3. The van der Waals surface area contributed by atoms with E-state index in [4.69, 9.17) is 4.74 Å². The molecule has 0 unspecified atom stereocenters. The van der Waals surface area contributed by atoms with Gasteiger partial charge in [0, 0.05) is 52.8 Å². The van der Waals surface area contributed by atoms with Gasteiger partial charge >= 0.3 is 6.09 Å². The standard InChI is InChI=1S/C30H33N5O4/c1-30(2,3)39-29(38)35-11-9-18(10-12-35)26-23-16-31-34-28(37)22-13-19(14-24(33-26)25(22)23)32-27(36)21-15-20(21)17-7-5-4-6-8-17/h4-8,13-14,16,18,20-21,33H,9-12,15H2,1-3H3,(H,32,36)(H,34,37)/t20-,21+/m0/s1. The molecule has 2 fully saturated rings. The van der Waals surface area contributed by atoms with Crippen molar-refractivity contribution in [3.05, 3.63) is 64.8 Å². The number of ether oxygens (including phenoxy) is 1. The monoisotopic (exact) mass is 527 g/mol. The van der Waals surface area contributed by atoms with Crippen LogP contribution in [-0.2, 0) is 9.53 Å². The first-order chi connectivity index (χ1) is 18.7. The number of aromatic nitrogens is 1. The smallest absolute Gasteiger partial charge is 0.410 e. The van der Waals surface area contributed by atoms with E-state index in [1.165, 1.54) is 5.56 Å². The van der Waals surface area contributed by atoms with Crippen LogP contribution in [0.1, 0.15) is 79.0 Å². The van der Waals surface area contributed by atoms with E-state index in [0.29, 0.717) is 24.3 Å². The van der Waals surface area contributed by atoms with Crippen LogP contribution in [0, 0.1) is 5.92 Å². The van der Waals surface area contributed by atoms with Gasteiger partial charge in [0.15, 0.2) is 0 Å². The predicted octanol–water partition coefficient (Wildman–Crippen LogP) is 5.10. The lowest BCUT2D eigenvalue weighted by Crippen LogP contribution is -2.41. The zero-order valence-corrected chi connectivity index (χ0v) is 22.4. The van der Waals surface area contributed by atoms with Gasteiger partial charge in [-0.15, -0.1) is 0 Å². The fraction of sp³-hybridized carbons (Fsp3) is 0.400. The molecule has 3 heterocycles. The van der Waals surface area contributed by atoms with E-state index in [0.717, 1.165) is 41.4 Å². The Balaban J connectivity index is 1.23. The molecule has 2 aliphatic heterocycles. The van der Waals surface area contributed by atoms with Crippen LogP contribution in [0.5, 0.6) is 0 Å². The van der Waals surface area contributed by atoms with Crippen molar-refractivity contribution in [3.63, 3.8) is 0 Å². The number of likely N-dealkylation sites (tertiary alicyclic amines) is 1. The SMILES string of the molecule is CC(C)(C)OC(=O)N1CCC(c2[nH]c3cc(NC(=O)[C@@H]4C[C@H]4c4ccccc4)cc4c3c2C=NNC4=O)CC1. The molecule has 0 bridgehead atoms. The van der Waals surface area contributed by atoms with E-state index in [1.54, 1.807) is 17.2 Å². The molecule has 9 nitrogen and oxygen atoms in total. The highest BCUT2D eigenvalue weighted by Crippen LogP contribution is 2.48. The molecule has 1 saturated heterocycles. The van der Waals surface area contributed by atoms with Gasteiger partial charge in [-0.05, 0) is 63.6 Å². The summed E-state index contributed by atoms with van der Waals surface area (Å²) in [5.41, 5.74) is 6.93. The Morgan fingerprint density at radius 2 is 1.85 bits per heavy atom. The summed E-state index contributed by atoms with van der Waals surface area (Å²) in [6.45, 7) is 6.77. The van der Waals surface area contributed by atoms with E-state index < -0.39 is 5.60 Å². The number of H-pyrrole nitrogens is 1. The van der Waals surface area contributed by atoms with Crippen LogP contribution in [0.25, 0.3) is 10.9 Å². The summed E-state index contributed by atoms with van der Waals surface area (Å²) in [6.07, 6.45) is 3.74. The minimum Gasteiger partial charge on any atom is -0.444 e. The molecule has 6 rings (SSSR count). The maximum atomic E-state index is 13.1. The molecular weight excluding hydrogens is 494 g/mol. The number of aromatic amines is 1. The first-order valence-corrected chi connectivity index (χ1v) is 13.5. The number of benzene rings is 2. The summed E-state index contributed by atoms with van der Waals surface area (Å²) in [4.78, 5) is 43.8. The van der Waals surface area contributed by atoms with Crippen molar-refractivity contribution in [1.29, 1.82) is 0 Å². The zero-order chi connectivity index (χ0) is 27.3. The number of anilines is 1. The maximum absolute atomic E-state index is 13.1. The Morgan fingerprint density at radius 3 is 2.56 bits per heavy atom. The van der Waals surface area contributed by atoms with Gasteiger partial charge in [0.1, 0.15) is 5.60 Å². The average Bonchev–Trinajstić information content (AvgIpc) is 3.66. The summed E-state index contributed by atoms with van der Waals surface area (Å²) >= 11 is 0. The lowest BCUT2D eigenvalue weighted by Gasteiger charge is -2.33. The summed E-state index contributed by atoms with van der Waals surface area (Å²) in [6, 6.07) is 13.7. The van der Waals surface area contributed by atoms with Gasteiger partial charge in [0.25, 0.3) is 5.91 Å². The maximum Gasteiger partial charge on any atom is 0.410 e. The van der Waals surface area contributed by atoms with Gasteiger partial charge in [0.2, 0.25) is 5.91 Å². The molecule has 3 N–H and O–H groups in total. The van der Waals surface area contributed by atoms with Gasteiger partial charge in [0.05, 0.1) is 11.8 Å². The number of piperidine rings is 1. The lowest BCUT2D eigenvalue weighted by molar-refractivity contribution is -0.117. The van der Waals surface area contributed by atoms with Crippen LogP contribution in [0.15, 0.2) is 47.6 Å². The van der Waals surface area contributed by atoms with Gasteiger partial charge in [-0.3, -0.25) is 9.59 Å². The molecule has 3 aliphatic rings. The molecule has 3 aromatic rings. The van der Waals surface area contributed by atoms with Gasteiger partial charge in [-0.25, -0.2) is 10.2 Å². The molecule has 2 aromatic carbocycles. The largest absolute Gasteiger partial charge is 0.444 e. The second-order valence-electron chi connectivity index (χ2n) is 11.7. The fourth-order valence-electron chi connectivity index (χ4n) is 5.77. The molecule has 9 heteroatoms. The first kappa shape index (κ1) is 25.2. The molecule has 39 heavy (non-hydrogen) atoms. The summed E-state index contributed by atoms with van der Waals surface area (Å²) in [5, 5.41) is 8.00. The quantitative estimate of drug-likeness (QED) is 0.438. The Labute approximate surface area is 227 Å². The van der Waals surface area contributed by atoms with E-state index in [2.05, 4.69) is 33.0 Å². The number of amides is 3. The van der Waals surface area contributed by atoms with Crippen LogP contribution < -0.4 is 10.7 Å². The molecule has 1 aliphatic carbocycles. The molecule has 202 valence electrons. The molecule has 1 aromatic heterocycles. The van der Waals surface area contributed by atoms with Crippen LogP contribution in [0.4, 0.5) is 10.5 Å². The Bertz CT molecular complexity index is 1480. The predicted molar refractivity (Wildman–Crippen MR) is 149 cm³/mol. The molecule has 3 amide bonds. The number of carbonyl (C=O) groups is 3. The number of hydrogen-bond donors (Lipinski definition) is 3. The minimum absolute atomic E-state index is 0.0396. The van der Waals surface area contributed by atoms with Crippen molar-refractivity contribution in [3.8, 4) is 0 Å². The summed E-state index contributed by atoms with van der Waals surface area (Å²) < 4.78 is 5.54. The second-order valence-corrected chi connectivity index (χ2v) is 11.7. The third-order valence-corrected chi connectivity index (χ3v) is 7.75. The molecule has 0 spiro atoms. The van der Waals surface area contributed by atoms with Crippen LogP contribution >= 0.6 is 0 Å². The van der Waals surface area contributed by atoms with Crippen molar-refractivity contribution < 1.29 is 19.1 Å². The van der Waals surface area contributed by atoms with E-state index >= 15 is 0 Å². The van der Waals surface area contributed by atoms with Crippen molar-refractivity contribution in [1.82, 2.24) is 15.3 Å². The third kappa shape index (κ3) is 5.01. The first-order valence-electron chi connectivity index (χ1n) is 13.5.